The summed E-state index contributed by atoms with van der Waals surface area (Å²) in [5.41, 5.74) is 1.58. The van der Waals surface area contributed by atoms with Crippen molar-refractivity contribution in [2.75, 3.05) is 12.8 Å². The fraction of sp³-hybridized carbons (Fsp3) is 0.600. The maximum atomic E-state index is 3.41. The van der Waals surface area contributed by atoms with Crippen LogP contribution in [0.1, 0.15) is 38.2 Å². The first-order valence-electron chi connectivity index (χ1n) is 6.65. The molecule has 1 aliphatic rings. The molecule has 2 heteroatoms. The third-order valence-electron chi connectivity index (χ3n) is 4.07. The molecule has 1 aromatic rings. The number of nitrogens with one attached hydrogen (secondary N) is 1. The fourth-order valence-corrected chi connectivity index (χ4v) is 4.02. The van der Waals surface area contributed by atoms with Crippen molar-refractivity contribution in [2.24, 2.45) is 5.92 Å². The number of benzene rings is 1. The summed E-state index contributed by atoms with van der Waals surface area (Å²) in [5, 5.41) is 3.41. The Hall–Kier alpha value is -0.470. The van der Waals surface area contributed by atoms with E-state index in [1.807, 2.05) is 11.8 Å². The lowest BCUT2D eigenvalue weighted by molar-refractivity contribution is 0.343. The number of fused-ring (bicyclic) bond motifs is 1. The summed E-state index contributed by atoms with van der Waals surface area (Å²) in [5.74, 6) is 2.82. The predicted molar refractivity (Wildman–Crippen MR) is 76.8 cm³/mol. The number of hydrogen-bond acceptors (Lipinski definition) is 2. The van der Waals surface area contributed by atoms with E-state index in [0.717, 1.165) is 11.8 Å². The zero-order valence-corrected chi connectivity index (χ0v) is 11.9. The summed E-state index contributed by atoms with van der Waals surface area (Å²) in [6.07, 6.45) is 2.59. The fourth-order valence-electron chi connectivity index (χ4n) is 2.75. The molecule has 1 nitrogen and oxygen atoms in total. The Morgan fingerprint density at radius 1 is 1.41 bits per heavy atom. The third kappa shape index (κ3) is 2.86. The van der Waals surface area contributed by atoms with E-state index >= 15 is 0 Å². The summed E-state index contributed by atoms with van der Waals surface area (Å²) < 4.78 is 0. The molecule has 0 saturated heterocycles. The molecule has 0 amide bonds. The van der Waals surface area contributed by atoms with Crippen LogP contribution in [0.25, 0.3) is 0 Å². The van der Waals surface area contributed by atoms with Crippen LogP contribution in [0.5, 0.6) is 0 Å². The van der Waals surface area contributed by atoms with Crippen LogP contribution in [0, 0.1) is 5.92 Å². The quantitative estimate of drug-likeness (QED) is 0.849. The van der Waals surface area contributed by atoms with Gasteiger partial charge in [0.1, 0.15) is 0 Å². The minimum absolute atomic E-state index is 0.623. The first kappa shape index (κ1) is 13.0. The molecule has 0 saturated carbocycles. The van der Waals surface area contributed by atoms with Crippen LogP contribution >= 0.6 is 11.8 Å². The van der Waals surface area contributed by atoms with Crippen molar-refractivity contribution in [3.63, 3.8) is 0 Å². The van der Waals surface area contributed by atoms with E-state index in [1.165, 1.54) is 23.5 Å². The molecule has 0 fully saturated rings. The molecular weight excluding hydrogens is 226 g/mol. The zero-order valence-electron chi connectivity index (χ0n) is 11.1. The summed E-state index contributed by atoms with van der Waals surface area (Å²) >= 11 is 2.03. The molecule has 1 heterocycles. The highest BCUT2D eigenvalue weighted by Gasteiger charge is 2.26. The van der Waals surface area contributed by atoms with Crippen molar-refractivity contribution < 1.29 is 0 Å². The van der Waals surface area contributed by atoms with Gasteiger partial charge in [-0.1, -0.05) is 31.5 Å². The normalized spacial score (nSPS) is 22.2. The van der Waals surface area contributed by atoms with E-state index in [2.05, 4.69) is 50.5 Å². The Bertz CT molecular complexity index is 364. The minimum Gasteiger partial charge on any atom is -0.317 e. The van der Waals surface area contributed by atoms with Gasteiger partial charge in [-0.25, -0.2) is 0 Å². The van der Waals surface area contributed by atoms with Crippen LogP contribution in [-0.4, -0.2) is 18.8 Å². The van der Waals surface area contributed by atoms with Gasteiger partial charge >= 0.3 is 0 Å². The van der Waals surface area contributed by atoms with Crippen molar-refractivity contribution in [3.8, 4) is 0 Å². The maximum absolute atomic E-state index is 3.41. The SMILES string of the molecule is CCC(CC1CSc2ccccc21)C(C)NC. The highest BCUT2D eigenvalue weighted by molar-refractivity contribution is 7.99. The van der Waals surface area contributed by atoms with Crippen molar-refractivity contribution in [1.29, 1.82) is 0 Å². The van der Waals surface area contributed by atoms with Gasteiger partial charge in [0, 0.05) is 16.7 Å². The zero-order chi connectivity index (χ0) is 12.3. The van der Waals surface area contributed by atoms with Crippen molar-refractivity contribution in [2.45, 2.75) is 43.5 Å². The van der Waals surface area contributed by atoms with Gasteiger partial charge in [-0.05, 0) is 43.9 Å². The van der Waals surface area contributed by atoms with Gasteiger partial charge in [-0.3, -0.25) is 0 Å². The van der Waals surface area contributed by atoms with Crippen LogP contribution in [0.2, 0.25) is 0 Å². The Balaban J connectivity index is 2.05. The van der Waals surface area contributed by atoms with E-state index in [4.69, 9.17) is 0 Å². The Morgan fingerprint density at radius 3 is 2.88 bits per heavy atom. The van der Waals surface area contributed by atoms with E-state index in [1.54, 1.807) is 5.56 Å². The van der Waals surface area contributed by atoms with E-state index in [0.29, 0.717) is 6.04 Å². The maximum Gasteiger partial charge on any atom is 0.0107 e. The summed E-state index contributed by atoms with van der Waals surface area (Å²) in [6, 6.07) is 9.54. The molecule has 1 N–H and O–H groups in total. The average Bonchev–Trinajstić information content (AvgIpc) is 2.78. The lowest BCUT2D eigenvalue weighted by atomic mass is 9.85. The molecule has 0 aliphatic carbocycles. The number of hydrogen-bond donors (Lipinski definition) is 1. The first-order chi connectivity index (χ1) is 8.26. The van der Waals surface area contributed by atoms with Gasteiger partial charge in [0.05, 0.1) is 0 Å². The average molecular weight is 249 g/mol. The van der Waals surface area contributed by atoms with Crippen LogP contribution < -0.4 is 5.32 Å². The molecule has 1 aliphatic heterocycles. The molecule has 0 radical (unpaired) electrons. The summed E-state index contributed by atoms with van der Waals surface area (Å²) in [7, 11) is 2.07. The molecule has 0 bridgehead atoms. The largest absolute Gasteiger partial charge is 0.317 e. The van der Waals surface area contributed by atoms with Gasteiger partial charge in [-0.15, -0.1) is 11.8 Å². The number of thioether (sulfide) groups is 1. The summed E-state index contributed by atoms with van der Waals surface area (Å²) in [4.78, 5) is 1.50. The second-order valence-electron chi connectivity index (χ2n) is 5.03. The Labute approximate surface area is 109 Å². The second-order valence-corrected chi connectivity index (χ2v) is 6.09. The second kappa shape index (κ2) is 5.92. The van der Waals surface area contributed by atoms with E-state index in [-0.39, 0.29) is 0 Å². The molecular formula is C15H23NS. The van der Waals surface area contributed by atoms with Crippen molar-refractivity contribution >= 4 is 11.8 Å². The molecule has 0 spiro atoms. The van der Waals surface area contributed by atoms with Gasteiger partial charge in [0.25, 0.3) is 0 Å². The minimum atomic E-state index is 0.623. The number of rotatable bonds is 5. The topological polar surface area (TPSA) is 12.0 Å². The Morgan fingerprint density at radius 2 is 2.18 bits per heavy atom. The molecule has 3 unspecified atom stereocenters. The molecule has 3 atom stereocenters. The molecule has 1 aromatic carbocycles. The smallest absolute Gasteiger partial charge is 0.0107 e. The van der Waals surface area contributed by atoms with Crippen molar-refractivity contribution in [3.05, 3.63) is 29.8 Å². The van der Waals surface area contributed by atoms with Gasteiger partial charge < -0.3 is 5.32 Å². The van der Waals surface area contributed by atoms with E-state index < -0.39 is 0 Å². The molecule has 17 heavy (non-hydrogen) atoms. The Kier molecular flexibility index (Phi) is 4.52. The monoisotopic (exact) mass is 249 g/mol. The first-order valence-corrected chi connectivity index (χ1v) is 7.63. The lowest BCUT2D eigenvalue weighted by Gasteiger charge is -2.25. The molecule has 2 rings (SSSR count). The van der Waals surface area contributed by atoms with Gasteiger partial charge in [0.15, 0.2) is 0 Å². The molecule has 0 aromatic heterocycles. The van der Waals surface area contributed by atoms with Crippen molar-refractivity contribution in [1.82, 2.24) is 5.32 Å². The van der Waals surface area contributed by atoms with Crippen LogP contribution in [0.15, 0.2) is 29.2 Å². The standard InChI is InChI=1S/C15H23NS/c1-4-12(11(2)16-3)9-13-10-17-15-8-6-5-7-14(13)15/h5-8,11-13,16H,4,9-10H2,1-3H3. The third-order valence-corrected chi connectivity index (χ3v) is 5.32. The van der Waals surface area contributed by atoms with Gasteiger partial charge in [0.2, 0.25) is 0 Å². The lowest BCUT2D eigenvalue weighted by Crippen LogP contribution is -2.31. The van der Waals surface area contributed by atoms with Gasteiger partial charge in [-0.2, -0.15) is 0 Å². The van der Waals surface area contributed by atoms with Crippen LogP contribution in [0.4, 0.5) is 0 Å². The summed E-state index contributed by atoms with van der Waals surface area (Å²) in [6.45, 7) is 4.62. The van der Waals surface area contributed by atoms with Crippen LogP contribution in [-0.2, 0) is 0 Å². The predicted octanol–water partition coefficient (Wildman–Crippen LogP) is 3.90. The van der Waals surface area contributed by atoms with Crippen LogP contribution in [0.3, 0.4) is 0 Å². The highest BCUT2D eigenvalue weighted by atomic mass is 32.2. The van der Waals surface area contributed by atoms with E-state index in [9.17, 15) is 0 Å². The molecule has 94 valence electrons. The highest BCUT2D eigenvalue weighted by Crippen LogP contribution is 2.43.